The number of carbonyl (C=O) groups is 1. The lowest BCUT2D eigenvalue weighted by Crippen LogP contribution is -2.41. The van der Waals surface area contributed by atoms with Crippen LogP contribution in [0.3, 0.4) is 0 Å². The molecular formula is C12H15BF3N3O3. The van der Waals surface area contributed by atoms with Gasteiger partial charge in [0.05, 0.1) is 11.2 Å². The smallest absolute Gasteiger partial charge is 0.399 e. The molecule has 0 radical (unpaired) electrons. The second-order valence-electron chi connectivity index (χ2n) is 5.88. The van der Waals surface area contributed by atoms with Crippen molar-refractivity contribution in [2.45, 2.75) is 45.1 Å². The molecule has 6 nitrogen and oxygen atoms in total. The number of anilines is 1. The highest BCUT2D eigenvalue weighted by Gasteiger charge is 2.52. The molecule has 1 amide bonds. The number of nitrogens with one attached hydrogen (secondary N) is 1. The number of hydrogen-bond donors (Lipinski definition) is 1. The first-order valence-corrected chi connectivity index (χ1v) is 6.48. The largest absolute Gasteiger partial charge is 0.498 e. The maximum Gasteiger partial charge on any atom is 0.498 e. The van der Waals surface area contributed by atoms with Crippen molar-refractivity contribution >= 4 is 24.4 Å². The van der Waals surface area contributed by atoms with Crippen molar-refractivity contribution in [1.29, 1.82) is 0 Å². The van der Waals surface area contributed by atoms with Crippen LogP contribution in [0.2, 0.25) is 0 Å². The summed E-state index contributed by atoms with van der Waals surface area (Å²) < 4.78 is 47.9. The van der Waals surface area contributed by atoms with E-state index in [4.69, 9.17) is 9.31 Å². The first-order valence-electron chi connectivity index (χ1n) is 6.48. The third-order valence-electron chi connectivity index (χ3n) is 3.68. The van der Waals surface area contributed by atoms with E-state index in [1.54, 1.807) is 5.32 Å². The fourth-order valence-corrected chi connectivity index (χ4v) is 1.68. The topological polar surface area (TPSA) is 73.3 Å². The van der Waals surface area contributed by atoms with E-state index in [1.165, 1.54) is 12.4 Å². The van der Waals surface area contributed by atoms with Gasteiger partial charge in [0.1, 0.15) is 0 Å². The van der Waals surface area contributed by atoms with E-state index in [-0.39, 0.29) is 0 Å². The normalized spacial score (nSPS) is 20.0. The van der Waals surface area contributed by atoms with Crippen LogP contribution >= 0.6 is 0 Å². The van der Waals surface area contributed by atoms with E-state index in [0.29, 0.717) is 5.46 Å². The summed E-state index contributed by atoms with van der Waals surface area (Å²) in [5.74, 6) is -2.57. The molecule has 0 atom stereocenters. The summed E-state index contributed by atoms with van der Waals surface area (Å²) in [6, 6.07) is 0. The molecule has 0 bridgehead atoms. The van der Waals surface area contributed by atoms with Crippen LogP contribution in [-0.2, 0) is 14.1 Å². The van der Waals surface area contributed by atoms with Crippen molar-refractivity contribution in [3.63, 3.8) is 0 Å². The Balaban J connectivity index is 2.09. The fourth-order valence-electron chi connectivity index (χ4n) is 1.68. The van der Waals surface area contributed by atoms with Gasteiger partial charge >= 0.3 is 19.2 Å². The summed E-state index contributed by atoms with van der Waals surface area (Å²) in [5, 5.41) is 1.56. The zero-order valence-electron chi connectivity index (χ0n) is 12.5. The van der Waals surface area contributed by atoms with Crippen LogP contribution in [-0.4, -0.2) is 40.4 Å². The number of rotatable bonds is 2. The van der Waals surface area contributed by atoms with E-state index in [1.807, 2.05) is 27.7 Å². The maximum absolute atomic E-state index is 12.1. The molecule has 120 valence electrons. The summed E-state index contributed by atoms with van der Waals surface area (Å²) in [4.78, 5) is 18.1. The first-order chi connectivity index (χ1) is 9.92. The average molecular weight is 317 g/mol. The Morgan fingerprint density at radius 1 is 1.14 bits per heavy atom. The quantitative estimate of drug-likeness (QED) is 0.832. The fraction of sp³-hybridized carbons (Fsp3) is 0.583. The third kappa shape index (κ3) is 3.22. The zero-order valence-corrected chi connectivity index (χ0v) is 12.5. The second kappa shape index (κ2) is 5.20. The van der Waals surface area contributed by atoms with Gasteiger partial charge < -0.3 is 9.31 Å². The van der Waals surface area contributed by atoms with Gasteiger partial charge in [-0.2, -0.15) is 13.2 Å². The second-order valence-corrected chi connectivity index (χ2v) is 5.88. The molecule has 0 saturated carbocycles. The molecule has 1 aliphatic rings. The Labute approximate surface area is 125 Å². The summed E-state index contributed by atoms with van der Waals surface area (Å²) in [6.45, 7) is 7.47. The van der Waals surface area contributed by atoms with Gasteiger partial charge in [-0.05, 0) is 27.7 Å². The lowest BCUT2D eigenvalue weighted by molar-refractivity contribution is -0.167. The van der Waals surface area contributed by atoms with E-state index < -0.39 is 36.4 Å². The number of alkyl halides is 3. The minimum atomic E-state index is -4.99. The molecule has 1 saturated heterocycles. The molecule has 0 spiro atoms. The van der Waals surface area contributed by atoms with E-state index in [2.05, 4.69) is 9.97 Å². The van der Waals surface area contributed by atoms with Crippen molar-refractivity contribution < 1.29 is 27.3 Å². The van der Waals surface area contributed by atoms with Crippen LogP contribution in [0.5, 0.6) is 0 Å². The Morgan fingerprint density at radius 2 is 1.59 bits per heavy atom. The number of halogens is 3. The minimum Gasteiger partial charge on any atom is -0.399 e. The lowest BCUT2D eigenvalue weighted by atomic mass is 9.81. The first kappa shape index (κ1) is 16.7. The van der Waals surface area contributed by atoms with Crippen LogP contribution in [0.1, 0.15) is 27.7 Å². The molecule has 22 heavy (non-hydrogen) atoms. The molecule has 1 fully saturated rings. The molecule has 1 aromatic heterocycles. The highest BCUT2D eigenvalue weighted by atomic mass is 19.4. The molecule has 0 aliphatic carbocycles. The number of amides is 1. The highest BCUT2D eigenvalue weighted by Crippen LogP contribution is 2.36. The maximum atomic E-state index is 12.1. The Morgan fingerprint density at radius 3 is 2.00 bits per heavy atom. The summed E-state index contributed by atoms with van der Waals surface area (Å²) in [7, 11) is -0.725. The van der Waals surface area contributed by atoms with Crippen molar-refractivity contribution in [3.05, 3.63) is 12.4 Å². The molecule has 10 heteroatoms. The highest BCUT2D eigenvalue weighted by molar-refractivity contribution is 6.61. The molecule has 2 rings (SSSR count). The van der Waals surface area contributed by atoms with Crippen molar-refractivity contribution in [1.82, 2.24) is 9.97 Å². The molecule has 2 heterocycles. The van der Waals surface area contributed by atoms with E-state index in [9.17, 15) is 18.0 Å². The predicted molar refractivity (Wildman–Crippen MR) is 72.4 cm³/mol. The predicted octanol–water partition coefficient (Wildman–Crippen LogP) is 1.28. The van der Waals surface area contributed by atoms with E-state index >= 15 is 0 Å². The zero-order chi connectivity index (χ0) is 16.8. The average Bonchev–Trinajstić information content (AvgIpc) is 2.58. The molecular weight excluding hydrogens is 302 g/mol. The number of hydrogen-bond acceptors (Lipinski definition) is 5. The van der Waals surface area contributed by atoms with Crippen molar-refractivity contribution in [3.8, 4) is 0 Å². The summed E-state index contributed by atoms with van der Waals surface area (Å²) >= 11 is 0. The SMILES string of the molecule is CC1(C)OB(c2cnc(NC(=O)C(F)(F)F)nc2)OC1(C)C. The van der Waals surface area contributed by atoms with Gasteiger partial charge in [-0.3, -0.25) is 10.1 Å². The van der Waals surface area contributed by atoms with Crippen molar-refractivity contribution in [2.24, 2.45) is 0 Å². The summed E-state index contributed by atoms with van der Waals surface area (Å²) in [6.07, 6.45) is -2.49. The molecule has 1 aliphatic heterocycles. The van der Waals surface area contributed by atoms with E-state index in [0.717, 1.165) is 0 Å². The number of carbonyl (C=O) groups excluding carboxylic acids is 1. The van der Waals surface area contributed by atoms with Crippen LogP contribution in [0.25, 0.3) is 0 Å². The van der Waals surface area contributed by atoms with Crippen LogP contribution in [0.15, 0.2) is 12.4 Å². The Bertz CT molecular complexity index is 559. The summed E-state index contributed by atoms with van der Waals surface area (Å²) in [5.41, 5.74) is -0.662. The molecule has 1 aromatic rings. The Kier molecular flexibility index (Phi) is 3.95. The third-order valence-corrected chi connectivity index (χ3v) is 3.68. The van der Waals surface area contributed by atoms with Gasteiger partial charge in [-0.1, -0.05) is 0 Å². The molecule has 0 aromatic carbocycles. The standard InChI is InChI=1S/C12H15BF3N3O3/c1-10(2)11(3,4)22-13(21-10)7-5-17-9(18-6-7)19-8(20)12(14,15)16/h5-6H,1-4H3,(H,17,18,19,20). The number of aromatic nitrogens is 2. The van der Waals surface area contributed by atoms with Crippen LogP contribution < -0.4 is 10.8 Å². The lowest BCUT2D eigenvalue weighted by Gasteiger charge is -2.32. The minimum absolute atomic E-state index is 0.442. The van der Waals surface area contributed by atoms with Crippen LogP contribution in [0.4, 0.5) is 19.1 Å². The van der Waals surface area contributed by atoms with Gasteiger partial charge in [-0.15, -0.1) is 0 Å². The van der Waals surface area contributed by atoms with Gasteiger partial charge in [0, 0.05) is 17.9 Å². The van der Waals surface area contributed by atoms with Gasteiger partial charge in [0.2, 0.25) is 5.95 Å². The van der Waals surface area contributed by atoms with Gasteiger partial charge in [-0.25, -0.2) is 9.97 Å². The van der Waals surface area contributed by atoms with Crippen molar-refractivity contribution in [2.75, 3.05) is 5.32 Å². The Hall–Kier alpha value is -1.68. The van der Waals surface area contributed by atoms with Gasteiger partial charge in [0.15, 0.2) is 0 Å². The monoisotopic (exact) mass is 317 g/mol. The van der Waals surface area contributed by atoms with Gasteiger partial charge in [0.25, 0.3) is 0 Å². The number of nitrogens with zero attached hydrogens (tertiary/aromatic N) is 2. The molecule has 0 unspecified atom stereocenters. The van der Waals surface area contributed by atoms with Crippen LogP contribution in [0, 0.1) is 0 Å². The molecule has 1 N–H and O–H groups in total.